The molecule has 0 saturated heterocycles. The molecule has 19 heavy (non-hydrogen) atoms. The summed E-state index contributed by atoms with van der Waals surface area (Å²) in [5, 5.41) is 5.52. The predicted molar refractivity (Wildman–Crippen MR) is 80.0 cm³/mol. The van der Waals surface area contributed by atoms with Gasteiger partial charge in [-0.25, -0.2) is 0 Å². The number of halogens is 1. The van der Waals surface area contributed by atoms with Crippen LogP contribution < -0.4 is 14.8 Å². The summed E-state index contributed by atoms with van der Waals surface area (Å²) in [6.07, 6.45) is 0. The molecule has 0 amide bonds. The van der Waals surface area contributed by atoms with Crippen LogP contribution in [0.2, 0.25) is 0 Å². The highest BCUT2D eigenvalue weighted by Gasteiger charge is 2.11. The average Bonchev–Trinajstić information content (AvgIpc) is 2.84. The average molecular weight is 340 g/mol. The highest BCUT2D eigenvalue weighted by atomic mass is 79.9. The lowest BCUT2D eigenvalue weighted by atomic mass is 10.2. The van der Waals surface area contributed by atoms with Gasteiger partial charge in [-0.1, -0.05) is 6.07 Å². The molecule has 100 valence electrons. The molecule has 0 spiro atoms. The fraction of sp³-hybridized carbons (Fsp3) is 0.286. The van der Waals surface area contributed by atoms with Crippen LogP contribution in [0.5, 0.6) is 11.5 Å². The molecule has 0 fully saturated rings. The van der Waals surface area contributed by atoms with Gasteiger partial charge < -0.3 is 14.8 Å². The Balaban J connectivity index is 1.59. The summed E-state index contributed by atoms with van der Waals surface area (Å²) in [4.78, 5) is 1.32. The van der Waals surface area contributed by atoms with E-state index < -0.39 is 0 Å². The fourth-order valence-corrected chi connectivity index (χ4v) is 3.43. The number of ether oxygens (including phenoxy) is 2. The maximum absolute atomic E-state index is 5.58. The van der Waals surface area contributed by atoms with Crippen LogP contribution in [-0.4, -0.2) is 13.2 Å². The minimum Gasteiger partial charge on any atom is -0.486 e. The number of rotatable bonds is 4. The van der Waals surface area contributed by atoms with Crippen molar-refractivity contribution in [1.29, 1.82) is 0 Å². The Labute approximate surface area is 124 Å². The van der Waals surface area contributed by atoms with Gasteiger partial charge in [0.2, 0.25) is 0 Å². The fourth-order valence-electron chi connectivity index (χ4n) is 1.97. The standard InChI is InChI=1S/C14H14BrNO2S/c15-11-3-6-19-14(11)9-16-8-10-1-2-12-13(7-10)18-5-4-17-12/h1-3,6-7,16H,4-5,8-9H2. The minimum atomic E-state index is 0.631. The van der Waals surface area contributed by atoms with Crippen molar-refractivity contribution in [3.8, 4) is 11.5 Å². The van der Waals surface area contributed by atoms with E-state index in [0.29, 0.717) is 13.2 Å². The summed E-state index contributed by atoms with van der Waals surface area (Å²) in [6, 6.07) is 8.17. The van der Waals surface area contributed by atoms with Gasteiger partial charge in [-0.2, -0.15) is 0 Å². The second-order valence-corrected chi connectivity index (χ2v) is 6.13. The maximum atomic E-state index is 5.58. The molecule has 0 aliphatic carbocycles. The topological polar surface area (TPSA) is 30.5 Å². The Bertz CT molecular complexity index is 570. The Morgan fingerprint density at radius 1 is 1.11 bits per heavy atom. The van der Waals surface area contributed by atoms with Crippen LogP contribution in [0.3, 0.4) is 0 Å². The van der Waals surface area contributed by atoms with Gasteiger partial charge in [0.05, 0.1) is 0 Å². The summed E-state index contributed by atoms with van der Waals surface area (Å²) in [7, 11) is 0. The van der Waals surface area contributed by atoms with E-state index in [1.807, 2.05) is 12.1 Å². The summed E-state index contributed by atoms with van der Waals surface area (Å²) in [5.41, 5.74) is 1.21. The maximum Gasteiger partial charge on any atom is 0.161 e. The Morgan fingerprint density at radius 3 is 2.74 bits per heavy atom. The zero-order chi connectivity index (χ0) is 13.1. The second kappa shape index (κ2) is 5.94. The van der Waals surface area contributed by atoms with Crippen molar-refractivity contribution >= 4 is 27.3 Å². The SMILES string of the molecule is Brc1ccsc1CNCc1ccc2c(c1)OCCO2. The van der Waals surface area contributed by atoms with Crippen LogP contribution in [0.4, 0.5) is 0 Å². The van der Waals surface area contributed by atoms with Gasteiger partial charge in [0, 0.05) is 22.4 Å². The molecule has 5 heteroatoms. The van der Waals surface area contributed by atoms with E-state index in [0.717, 1.165) is 24.6 Å². The van der Waals surface area contributed by atoms with E-state index in [2.05, 4.69) is 38.8 Å². The van der Waals surface area contributed by atoms with Gasteiger partial charge in [0.25, 0.3) is 0 Å². The van der Waals surface area contributed by atoms with E-state index in [1.165, 1.54) is 14.9 Å². The highest BCUT2D eigenvalue weighted by Crippen LogP contribution is 2.30. The van der Waals surface area contributed by atoms with Crippen molar-refractivity contribution in [2.24, 2.45) is 0 Å². The Kier molecular flexibility index (Phi) is 4.06. The lowest BCUT2D eigenvalue weighted by Crippen LogP contribution is -2.16. The smallest absolute Gasteiger partial charge is 0.161 e. The van der Waals surface area contributed by atoms with Gasteiger partial charge in [-0.05, 0) is 45.1 Å². The van der Waals surface area contributed by atoms with Gasteiger partial charge in [0.15, 0.2) is 11.5 Å². The molecule has 0 radical (unpaired) electrons. The van der Waals surface area contributed by atoms with E-state index >= 15 is 0 Å². The van der Waals surface area contributed by atoms with Crippen molar-refractivity contribution in [2.75, 3.05) is 13.2 Å². The molecule has 0 saturated carbocycles. The molecular formula is C14H14BrNO2S. The van der Waals surface area contributed by atoms with Gasteiger partial charge in [-0.3, -0.25) is 0 Å². The third-order valence-corrected chi connectivity index (χ3v) is 4.84. The van der Waals surface area contributed by atoms with Crippen molar-refractivity contribution in [3.05, 3.63) is 44.6 Å². The summed E-state index contributed by atoms with van der Waals surface area (Å²) >= 11 is 5.29. The van der Waals surface area contributed by atoms with Gasteiger partial charge in [0.1, 0.15) is 13.2 Å². The number of fused-ring (bicyclic) bond motifs is 1. The lowest BCUT2D eigenvalue weighted by molar-refractivity contribution is 0.171. The van der Waals surface area contributed by atoms with Crippen LogP contribution >= 0.6 is 27.3 Å². The van der Waals surface area contributed by atoms with E-state index in [9.17, 15) is 0 Å². The number of nitrogens with one attached hydrogen (secondary N) is 1. The largest absolute Gasteiger partial charge is 0.486 e. The zero-order valence-corrected chi connectivity index (χ0v) is 12.7. The molecule has 0 bridgehead atoms. The molecule has 3 nitrogen and oxygen atoms in total. The first kappa shape index (κ1) is 13.0. The molecule has 2 heterocycles. The van der Waals surface area contributed by atoms with Crippen LogP contribution in [0.25, 0.3) is 0 Å². The first-order valence-electron chi connectivity index (χ1n) is 6.14. The molecule has 2 aromatic rings. The third-order valence-electron chi connectivity index (χ3n) is 2.91. The number of hydrogen-bond acceptors (Lipinski definition) is 4. The lowest BCUT2D eigenvalue weighted by Gasteiger charge is -2.18. The molecule has 0 atom stereocenters. The van der Waals surface area contributed by atoms with Crippen molar-refractivity contribution < 1.29 is 9.47 Å². The number of thiophene rings is 1. The monoisotopic (exact) mass is 339 g/mol. The normalized spacial score (nSPS) is 13.5. The van der Waals surface area contributed by atoms with Crippen LogP contribution in [0.15, 0.2) is 34.1 Å². The molecule has 3 rings (SSSR count). The Morgan fingerprint density at radius 2 is 1.95 bits per heavy atom. The minimum absolute atomic E-state index is 0.631. The van der Waals surface area contributed by atoms with E-state index in [-0.39, 0.29) is 0 Å². The Hall–Kier alpha value is -1.04. The second-order valence-electron chi connectivity index (χ2n) is 4.27. The number of benzene rings is 1. The molecule has 1 aromatic carbocycles. The summed E-state index contributed by atoms with van der Waals surface area (Å²) < 4.78 is 12.3. The molecule has 1 N–H and O–H groups in total. The van der Waals surface area contributed by atoms with Crippen LogP contribution in [0, 0.1) is 0 Å². The molecule has 1 aliphatic rings. The van der Waals surface area contributed by atoms with E-state index in [1.54, 1.807) is 11.3 Å². The van der Waals surface area contributed by atoms with Gasteiger partial charge >= 0.3 is 0 Å². The van der Waals surface area contributed by atoms with Crippen LogP contribution in [-0.2, 0) is 13.1 Å². The molecule has 1 aromatic heterocycles. The predicted octanol–water partition coefficient (Wildman–Crippen LogP) is 3.57. The molecule has 1 aliphatic heterocycles. The van der Waals surface area contributed by atoms with E-state index in [4.69, 9.17) is 9.47 Å². The highest BCUT2D eigenvalue weighted by molar-refractivity contribution is 9.10. The molecule has 0 unspecified atom stereocenters. The summed E-state index contributed by atoms with van der Waals surface area (Å²) in [6.45, 7) is 2.96. The number of hydrogen-bond donors (Lipinski definition) is 1. The summed E-state index contributed by atoms with van der Waals surface area (Å²) in [5.74, 6) is 1.69. The van der Waals surface area contributed by atoms with Crippen molar-refractivity contribution in [1.82, 2.24) is 5.32 Å². The third kappa shape index (κ3) is 3.11. The van der Waals surface area contributed by atoms with Crippen molar-refractivity contribution in [3.63, 3.8) is 0 Å². The first-order valence-corrected chi connectivity index (χ1v) is 7.81. The quantitative estimate of drug-likeness (QED) is 0.923. The van der Waals surface area contributed by atoms with Gasteiger partial charge in [-0.15, -0.1) is 11.3 Å². The van der Waals surface area contributed by atoms with Crippen molar-refractivity contribution in [2.45, 2.75) is 13.1 Å². The first-order chi connectivity index (χ1) is 9.33. The van der Waals surface area contributed by atoms with Crippen LogP contribution in [0.1, 0.15) is 10.4 Å². The zero-order valence-electron chi connectivity index (χ0n) is 10.3. The molecular weight excluding hydrogens is 326 g/mol.